The minimum absolute atomic E-state index is 0.0306. The van der Waals surface area contributed by atoms with Crippen molar-refractivity contribution in [3.05, 3.63) is 24.3 Å². The Morgan fingerprint density at radius 2 is 2.08 bits per heavy atom. The Bertz CT molecular complexity index is 762. The van der Waals surface area contributed by atoms with Crippen molar-refractivity contribution in [3.63, 3.8) is 0 Å². The third-order valence-electron chi connectivity index (χ3n) is 4.53. The Labute approximate surface area is 141 Å². The van der Waals surface area contributed by atoms with E-state index in [2.05, 4.69) is 5.32 Å². The quantitative estimate of drug-likeness (QED) is 0.881. The van der Waals surface area contributed by atoms with E-state index in [0.717, 1.165) is 0 Å². The van der Waals surface area contributed by atoms with Gasteiger partial charge in [0, 0.05) is 13.1 Å². The van der Waals surface area contributed by atoms with Crippen LogP contribution in [-0.4, -0.2) is 49.9 Å². The van der Waals surface area contributed by atoms with Crippen molar-refractivity contribution in [2.24, 2.45) is 5.92 Å². The molecule has 1 fully saturated rings. The molecular formula is C16H21N3O4S. The molecule has 2 heterocycles. The molecule has 7 nitrogen and oxygen atoms in total. The molecule has 3 rings (SSSR count). The number of nitrogens with zero attached hydrogens (tertiary/aromatic N) is 2. The number of rotatable bonds is 3. The van der Waals surface area contributed by atoms with E-state index in [9.17, 15) is 18.0 Å². The summed E-state index contributed by atoms with van der Waals surface area (Å²) in [5.74, 6) is -0.814. The van der Waals surface area contributed by atoms with Gasteiger partial charge in [-0.05, 0) is 31.9 Å². The van der Waals surface area contributed by atoms with Crippen LogP contribution in [0, 0.1) is 5.92 Å². The molecule has 0 radical (unpaired) electrons. The van der Waals surface area contributed by atoms with Gasteiger partial charge in [-0.3, -0.25) is 9.59 Å². The average Bonchev–Trinajstić information content (AvgIpc) is 2.60. The molecule has 1 N–H and O–H groups in total. The number of amides is 2. The second-order valence-corrected chi connectivity index (χ2v) is 8.35. The number of hydrogen-bond donors (Lipinski definition) is 1. The maximum Gasteiger partial charge on any atom is 0.244 e. The van der Waals surface area contributed by atoms with Crippen LogP contribution >= 0.6 is 0 Å². The van der Waals surface area contributed by atoms with Gasteiger partial charge < -0.3 is 10.2 Å². The largest absolute Gasteiger partial charge is 0.323 e. The summed E-state index contributed by atoms with van der Waals surface area (Å²) in [6.45, 7) is 2.21. The van der Waals surface area contributed by atoms with Crippen LogP contribution in [0.5, 0.6) is 0 Å². The molecule has 0 unspecified atom stereocenters. The van der Waals surface area contributed by atoms with Gasteiger partial charge in [0.1, 0.15) is 6.54 Å². The molecule has 1 saturated heterocycles. The lowest BCUT2D eigenvalue weighted by Gasteiger charge is -2.36. The molecule has 1 atom stereocenters. The molecule has 0 aromatic heterocycles. The summed E-state index contributed by atoms with van der Waals surface area (Å²) in [5.41, 5.74) is 1.27. The van der Waals surface area contributed by atoms with Crippen LogP contribution in [0.2, 0.25) is 0 Å². The summed E-state index contributed by atoms with van der Waals surface area (Å²) < 4.78 is 25.6. The molecular weight excluding hydrogens is 330 g/mol. The fraction of sp³-hybridized carbons (Fsp3) is 0.500. The standard InChI is InChI=1S/C16H21N3O4S/c1-2-24(22,23)18-9-5-6-12(10-18)16(21)19-11-15(20)17-13-7-3-4-8-14(13)19/h3-4,7-8,12H,2,5-6,9-11H2,1H3,(H,17,20)/t12-/m0/s1. The van der Waals surface area contributed by atoms with E-state index in [1.54, 1.807) is 25.1 Å². The molecule has 1 aromatic carbocycles. The predicted octanol–water partition coefficient (Wildman–Crippen LogP) is 1.03. The highest BCUT2D eigenvalue weighted by Crippen LogP contribution is 2.31. The zero-order chi connectivity index (χ0) is 17.3. The molecule has 2 aliphatic rings. The molecule has 2 aliphatic heterocycles. The zero-order valence-corrected chi connectivity index (χ0v) is 14.4. The van der Waals surface area contributed by atoms with Crippen molar-refractivity contribution in [3.8, 4) is 0 Å². The number of benzene rings is 1. The van der Waals surface area contributed by atoms with Crippen molar-refractivity contribution in [1.82, 2.24) is 4.31 Å². The van der Waals surface area contributed by atoms with Gasteiger partial charge in [0.25, 0.3) is 0 Å². The number of hydrogen-bond acceptors (Lipinski definition) is 4. The number of para-hydroxylation sites is 2. The van der Waals surface area contributed by atoms with Crippen LogP contribution in [0.25, 0.3) is 0 Å². The number of piperidine rings is 1. The van der Waals surface area contributed by atoms with Crippen LogP contribution in [0.4, 0.5) is 11.4 Å². The first-order valence-corrected chi connectivity index (χ1v) is 9.71. The van der Waals surface area contributed by atoms with Crippen molar-refractivity contribution in [1.29, 1.82) is 0 Å². The summed E-state index contributed by atoms with van der Waals surface area (Å²) >= 11 is 0. The molecule has 24 heavy (non-hydrogen) atoms. The summed E-state index contributed by atoms with van der Waals surface area (Å²) in [6, 6.07) is 7.14. The van der Waals surface area contributed by atoms with Crippen LogP contribution in [0.15, 0.2) is 24.3 Å². The molecule has 2 amide bonds. The van der Waals surface area contributed by atoms with Gasteiger partial charge in [-0.15, -0.1) is 0 Å². The summed E-state index contributed by atoms with van der Waals surface area (Å²) in [6.07, 6.45) is 1.28. The van der Waals surface area contributed by atoms with Crippen LogP contribution in [0.3, 0.4) is 0 Å². The second-order valence-electron chi connectivity index (χ2n) is 6.09. The SMILES string of the molecule is CCS(=O)(=O)N1CCC[C@H](C(=O)N2CC(=O)Nc3ccccc32)C1. The number of carbonyl (C=O) groups is 2. The minimum atomic E-state index is -3.31. The fourth-order valence-corrected chi connectivity index (χ4v) is 4.41. The van der Waals surface area contributed by atoms with Gasteiger partial charge in [0.2, 0.25) is 21.8 Å². The number of fused-ring (bicyclic) bond motifs is 1. The van der Waals surface area contributed by atoms with E-state index in [1.807, 2.05) is 6.07 Å². The Balaban J connectivity index is 1.83. The Hall–Kier alpha value is -1.93. The Morgan fingerprint density at radius 3 is 2.83 bits per heavy atom. The summed E-state index contributed by atoms with van der Waals surface area (Å²) in [7, 11) is -3.31. The molecule has 0 saturated carbocycles. The lowest BCUT2D eigenvalue weighted by Crippen LogP contribution is -2.50. The average molecular weight is 351 g/mol. The first-order chi connectivity index (χ1) is 11.4. The smallest absolute Gasteiger partial charge is 0.244 e. The van der Waals surface area contributed by atoms with Crippen molar-refractivity contribution < 1.29 is 18.0 Å². The van der Waals surface area contributed by atoms with Gasteiger partial charge in [0.05, 0.1) is 23.0 Å². The first-order valence-electron chi connectivity index (χ1n) is 8.10. The van der Waals surface area contributed by atoms with E-state index in [-0.39, 0.29) is 30.7 Å². The molecule has 0 spiro atoms. The highest BCUT2D eigenvalue weighted by atomic mass is 32.2. The summed E-state index contributed by atoms with van der Waals surface area (Å²) in [5, 5.41) is 2.75. The highest BCUT2D eigenvalue weighted by Gasteiger charge is 2.36. The van der Waals surface area contributed by atoms with E-state index < -0.39 is 15.9 Å². The van der Waals surface area contributed by atoms with Gasteiger partial charge in [-0.1, -0.05) is 12.1 Å². The topological polar surface area (TPSA) is 86.8 Å². The third-order valence-corrected chi connectivity index (χ3v) is 6.38. The van der Waals surface area contributed by atoms with Gasteiger partial charge >= 0.3 is 0 Å². The van der Waals surface area contributed by atoms with E-state index >= 15 is 0 Å². The molecule has 0 bridgehead atoms. The number of nitrogens with one attached hydrogen (secondary N) is 1. The predicted molar refractivity (Wildman–Crippen MR) is 91.2 cm³/mol. The van der Waals surface area contributed by atoms with Gasteiger partial charge in [-0.2, -0.15) is 0 Å². The van der Waals surface area contributed by atoms with E-state index in [0.29, 0.717) is 30.8 Å². The highest BCUT2D eigenvalue weighted by molar-refractivity contribution is 7.89. The minimum Gasteiger partial charge on any atom is -0.323 e. The van der Waals surface area contributed by atoms with Crippen LogP contribution in [-0.2, 0) is 19.6 Å². The molecule has 8 heteroatoms. The monoisotopic (exact) mass is 351 g/mol. The normalized spacial score (nSPS) is 22.0. The number of sulfonamides is 1. The Morgan fingerprint density at radius 1 is 1.33 bits per heavy atom. The van der Waals surface area contributed by atoms with Crippen molar-refractivity contribution >= 4 is 33.2 Å². The maximum absolute atomic E-state index is 12.9. The third kappa shape index (κ3) is 3.16. The second kappa shape index (κ2) is 6.52. The number of anilines is 2. The lowest BCUT2D eigenvalue weighted by atomic mass is 9.97. The zero-order valence-electron chi connectivity index (χ0n) is 13.6. The molecule has 130 valence electrons. The van der Waals surface area contributed by atoms with Gasteiger partial charge in [0.15, 0.2) is 0 Å². The van der Waals surface area contributed by atoms with Crippen LogP contribution in [0.1, 0.15) is 19.8 Å². The first kappa shape index (κ1) is 16.9. The Kier molecular flexibility index (Phi) is 4.60. The summed E-state index contributed by atoms with van der Waals surface area (Å²) in [4.78, 5) is 26.3. The van der Waals surface area contributed by atoms with Crippen LogP contribution < -0.4 is 10.2 Å². The van der Waals surface area contributed by atoms with Crippen molar-refractivity contribution in [2.75, 3.05) is 35.6 Å². The fourth-order valence-electron chi connectivity index (χ4n) is 3.23. The molecule has 0 aliphatic carbocycles. The van der Waals surface area contributed by atoms with Crippen molar-refractivity contribution in [2.45, 2.75) is 19.8 Å². The maximum atomic E-state index is 12.9. The van der Waals surface area contributed by atoms with Gasteiger partial charge in [-0.25, -0.2) is 12.7 Å². The lowest BCUT2D eigenvalue weighted by molar-refractivity contribution is -0.125. The van der Waals surface area contributed by atoms with E-state index in [1.165, 1.54) is 9.21 Å². The van der Waals surface area contributed by atoms with E-state index in [4.69, 9.17) is 0 Å². The number of carbonyl (C=O) groups excluding carboxylic acids is 2. The molecule has 1 aromatic rings.